The van der Waals surface area contributed by atoms with E-state index in [4.69, 9.17) is 9.84 Å². The third kappa shape index (κ3) is 5.48. The summed E-state index contributed by atoms with van der Waals surface area (Å²) in [7, 11) is 0. The Hall–Kier alpha value is -2.57. The quantitative estimate of drug-likeness (QED) is 0.711. The van der Waals surface area contributed by atoms with Crippen molar-refractivity contribution in [1.29, 1.82) is 0 Å². The van der Waals surface area contributed by atoms with E-state index >= 15 is 0 Å². The molecule has 0 bridgehead atoms. The number of ether oxygens (including phenoxy) is 1. The highest BCUT2D eigenvalue weighted by Gasteiger charge is 2.22. The van der Waals surface area contributed by atoms with Crippen molar-refractivity contribution in [3.05, 3.63) is 24.3 Å². The molecule has 1 aliphatic rings. The summed E-state index contributed by atoms with van der Waals surface area (Å²) in [4.78, 5) is 36.5. The van der Waals surface area contributed by atoms with Crippen LogP contribution in [0, 0.1) is 0 Å². The van der Waals surface area contributed by atoms with Gasteiger partial charge in [0.2, 0.25) is 5.91 Å². The lowest BCUT2D eigenvalue weighted by molar-refractivity contribution is -0.142. The van der Waals surface area contributed by atoms with Crippen molar-refractivity contribution in [2.24, 2.45) is 0 Å². The molecule has 7 nitrogen and oxygen atoms in total. The summed E-state index contributed by atoms with van der Waals surface area (Å²) in [6.45, 7) is 2.37. The first-order valence-corrected chi connectivity index (χ1v) is 8.56. The molecule has 1 saturated heterocycles. The van der Waals surface area contributed by atoms with Crippen LogP contribution in [0.5, 0.6) is 5.75 Å². The fraction of sp³-hybridized carbons (Fsp3) is 0.500. The van der Waals surface area contributed by atoms with Gasteiger partial charge in [-0.3, -0.25) is 9.59 Å². The minimum Gasteiger partial charge on any atom is -0.484 e. The number of hydrogen-bond acceptors (Lipinski definition) is 4. The van der Waals surface area contributed by atoms with E-state index in [1.54, 1.807) is 23.1 Å². The van der Waals surface area contributed by atoms with Crippen molar-refractivity contribution in [2.75, 3.05) is 18.1 Å². The first-order valence-electron chi connectivity index (χ1n) is 8.56. The number of carbonyl (C=O) groups is 3. The lowest BCUT2D eigenvalue weighted by atomic mass is 10.1. The van der Waals surface area contributed by atoms with Gasteiger partial charge in [-0.1, -0.05) is 25.8 Å². The molecule has 0 unspecified atom stereocenters. The Morgan fingerprint density at radius 1 is 1.40 bits per heavy atom. The number of carboxylic acid groups (broad SMARTS) is 1. The van der Waals surface area contributed by atoms with Crippen molar-refractivity contribution in [3.63, 3.8) is 0 Å². The second-order valence-electron chi connectivity index (χ2n) is 6.04. The Labute approximate surface area is 147 Å². The van der Waals surface area contributed by atoms with E-state index in [0.717, 1.165) is 24.9 Å². The van der Waals surface area contributed by atoms with Gasteiger partial charge in [0.15, 0.2) is 6.61 Å². The number of unbranched alkanes of at least 4 members (excludes halogenated alkanes) is 1. The molecule has 2 amide bonds. The van der Waals surface area contributed by atoms with Crippen LogP contribution < -0.4 is 15.0 Å². The number of nitrogens with one attached hydrogen (secondary N) is 1. The van der Waals surface area contributed by atoms with E-state index in [1.807, 2.05) is 13.0 Å². The van der Waals surface area contributed by atoms with E-state index in [2.05, 4.69) is 5.32 Å². The predicted octanol–water partition coefficient (Wildman–Crippen LogP) is 1.95. The standard InChI is InChI=1S/C18H24N2O5/c1-2-3-8-15(18(23)24)19-16(21)12-25-14-7-4-6-13(11-14)20-10-5-9-17(20)22/h4,6-7,11,15H,2-3,5,8-10,12H2,1H3,(H,19,21)(H,23,24)/t15-/m0/s1. The zero-order valence-corrected chi connectivity index (χ0v) is 14.4. The van der Waals surface area contributed by atoms with Crippen LogP contribution in [0.3, 0.4) is 0 Å². The molecule has 25 heavy (non-hydrogen) atoms. The number of aliphatic carboxylic acids is 1. The van der Waals surface area contributed by atoms with Gasteiger partial charge in [0.25, 0.3) is 5.91 Å². The summed E-state index contributed by atoms with van der Waals surface area (Å²) >= 11 is 0. The van der Waals surface area contributed by atoms with Crippen molar-refractivity contribution >= 4 is 23.5 Å². The average molecular weight is 348 g/mol. The molecule has 7 heteroatoms. The molecular weight excluding hydrogens is 324 g/mol. The largest absolute Gasteiger partial charge is 0.484 e. The first kappa shape index (κ1) is 18.8. The molecule has 1 atom stereocenters. The number of anilines is 1. The third-order valence-electron chi connectivity index (χ3n) is 4.05. The van der Waals surface area contributed by atoms with Gasteiger partial charge in [-0.05, 0) is 25.0 Å². The zero-order chi connectivity index (χ0) is 18.2. The smallest absolute Gasteiger partial charge is 0.326 e. The zero-order valence-electron chi connectivity index (χ0n) is 14.4. The van der Waals surface area contributed by atoms with Crippen LogP contribution in [0.2, 0.25) is 0 Å². The van der Waals surface area contributed by atoms with Crippen LogP contribution in [0.15, 0.2) is 24.3 Å². The van der Waals surface area contributed by atoms with E-state index in [1.165, 1.54) is 0 Å². The number of carboxylic acids is 1. The van der Waals surface area contributed by atoms with E-state index in [-0.39, 0.29) is 12.5 Å². The minimum absolute atomic E-state index is 0.0788. The van der Waals surface area contributed by atoms with E-state index in [9.17, 15) is 14.4 Å². The number of hydrogen-bond donors (Lipinski definition) is 2. The molecule has 1 aliphatic heterocycles. The van der Waals surface area contributed by atoms with Crippen molar-refractivity contribution < 1.29 is 24.2 Å². The molecule has 136 valence electrons. The second-order valence-corrected chi connectivity index (χ2v) is 6.04. The highest BCUT2D eigenvalue weighted by molar-refractivity contribution is 5.95. The van der Waals surface area contributed by atoms with Gasteiger partial charge in [-0.2, -0.15) is 0 Å². The normalized spacial score (nSPS) is 15.1. The van der Waals surface area contributed by atoms with Crippen molar-refractivity contribution in [1.82, 2.24) is 5.32 Å². The van der Waals surface area contributed by atoms with Gasteiger partial charge in [0, 0.05) is 24.7 Å². The van der Waals surface area contributed by atoms with Gasteiger partial charge in [0.05, 0.1) is 0 Å². The molecule has 0 saturated carbocycles. The number of carbonyl (C=O) groups excluding carboxylic acids is 2. The van der Waals surface area contributed by atoms with Gasteiger partial charge in [-0.25, -0.2) is 4.79 Å². The first-order chi connectivity index (χ1) is 12.0. The number of rotatable bonds is 9. The van der Waals surface area contributed by atoms with E-state index < -0.39 is 17.9 Å². The summed E-state index contributed by atoms with van der Waals surface area (Å²) < 4.78 is 5.45. The monoisotopic (exact) mass is 348 g/mol. The highest BCUT2D eigenvalue weighted by Crippen LogP contribution is 2.25. The average Bonchev–Trinajstić information content (AvgIpc) is 3.03. The van der Waals surface area contributed by atoms with Gasteiger partial charge >= 0.3 is 5.97 Å². The molecule has 1 fully saturated rings. The molecule has 1 aromatic rings. The lowest BCUT2D eigenvalue weighted by Gasteiger charge is -2.17. The maximum Gasteiger partial charge on any atom is 0.326 e. The Morgan fingerprint density at radius 3 is 2.84 bits per heavy atom. The Balaban J connectivity index is 1.88. The van der Waals surface area contributed by atoms with Crippen LogP contribution in [-0.2, 0) is 14.4 Å². The third-order valence-corrected chi connectivity index (χ3v) is 4.05. The molecule has 2 rings (SSSR count). The predicted molar refractivity (Wildman–Crippen MR) is 92.6 cm³/mol. The molecule has 0 spiro atoms. The topological polar surface area (TPSA) is 95.9 Å². The fourth-order valence-electron chi connectivity index (χ4n) is 2.71. The van der Waals surface area contributed by atoms with Crippen LogP contribution in [0.25, 0.3) is 0 Å². The fourth-order valence-corrected chi connectivity index (χ4v) is 2.71. The SMILES string of the molecule is CCCC[C@H](NC(=O)COc1cccc(N2CCCC2=O)c1)C(=O)O. The molecule has 0 radical (unpaired) electrons. The maximum atomic E-state index is 11.9. The maximum absolute atomic E-state index is 11.9. The molecule has 2 N–H and O–H groups in total. The Kier molecular flexibility index (Phi) is 6.80. The van der Waals surface area contributed by atoms with Gasteiger partial charge < -0.3 is 20.1 Å². The lowest BCUT2D eigenvalue weighted by Crippen LogP contribution is -2.42. The summed E-state index contributed by atoms with van der Waals surface area (Å²) in [6.07, 6.45) is 3.36. The summed E-state index contributed by atoms with van der Waals surface area (Å²) in [5.74, 6) is -0.981. The van der Waals surface area contributed by atoms with Crippen LogP contribution >= 0.6 is 0 Å². The summed E-state index contributed by atoms with van der Waals surface area (Å²) in [5.41, 5.74) is 0.742. The summed E-state index contributed by atoms with van der Waals surface area (Å²) in [6, 6.07) is 6.09. The Bertz CT molecular complexity index is 632. The Morgan fingerprint density at radius 2 is 2.20 bits per heavy atom. The van der Waals surface area contributed by atoms with Gasteiger partial charge in [-0.15, -0.1) is 0 Å². The molecular formula is C18H24N2O5. The number of amides is 2. The van der Waals surface area contributed by atoms with Crippen LogP contribution in [0.4, 0.5) is 5.69 Å². The molecule has 0 aliphatic carbocycles. The second kappa shape index (κ2) is 9.05. The molecule has 0 aromatic heterocycles. The molecule has 1 aromatic carbocycles. The summed E-state index contributed by atoms with van der Waals surface area (Å²) in [5, 5.41) is 11.6. The number of benzene rings is 1. The minimum atomic E-state index is -1.05. The van der Waals surface area contributed by atoms with Crippen molar-refractivity contribution in [2.45, 2.75) is 45.1 Å². The van der Waals surface area contributed by atoms with Gasteiger partial charge in [0.1, 0.15) is 11.8 Å². The van der Waals surface area contributed by atoms with Crippen LogP contribution in [0.1, 0.15) is 39.0 Å². The highest BCUT2D eigenvalue weighted by atomic mass is 16.5. The van der Waals surface area contributed by atoms with Crippen LogP contribution in [-0.4, -0.2) is 42.1 Å². The van der Waals surface area contributed by atoms with E-state index in [0.29, 0.717) is 25.1 Å². The molecule has 1 heterocycles. The number of nitrogens with zero attached hydrogens (tertiary/aromatic N) is 1. The van der Waals surface area contributed by atoms with Crippen molar-refractivity contribution in [3.8, 4) is 5.75 Å².